The third kappa shape index (κ3) is 7.42. The summed E-state index contributed by atoms with van der Waals surface area (Å²) in [7, 11) is 0. The number of hydrogen-bond acceptors (Lipinski definition) is 5. The fourth-order valence-corrected chi connectivity index (χ4v) is 2.62. The van der Waals surface area contributed by atoms with Crippen LogP contribution in [0, 0.1) is 0 Å². The van der Waals surface area contributed by atoms with Crippen molar-refractivity contribution in [3.05, 3.63) is 70.7 Å². The summed E-state index contributed by atoms with van der Waals surface area (Å²) in [5.41, 5.74) is 3.49. The molecule has 29 heavy (non-hydrogen) atoms. The second-order valence-electron chi connectivity index (χ2n) is 5.72. The first kappa shape index (κ1) is 22.2. The van der Waals surface area contributed by atoms with Crippen LogP contribution in [0.4, 0.5) is 0 Å². The summed E-state index contributed by atoms with van der Waals surface area (Å²) in [6, 6.07) is 12.1. The lowest BCUT2D eigenvalue weighted by molar-refractivity contribution is -0.120. The molecule has 7 nitrogen and oxygen atoms in total. The summed E-state index contributed by atoms with van der Waals surface area (Å²) in [4.78, 5) is 24.0. The first-order valence-corrected chi connectivity index (χ1v) is 9.69. The molecule has 2 N–H and O–H groups in total. The van der Waals surface area contributed by atoms with Crippen molar-refractivity contribution in [2.45, 2.75) is 6.92 Å². The average Bonchev–Trinajstić information content (AvgIpc) is 2.72. The summed E-state index contributed by atoms with van der Waals surface area (Å²) >= 11 is 3.38. The van der Waals surface area contributed by atoms with Crippen molar-refractivity contribution in [1.29, 1.82) is 0 Å². The summed E-state index contributed by atoms with van der Waals surface area (Å²) in [6.07, 6.45) is 3.10. The van der Waals surface area contributed by atoms with E-state index in [1.54, 1.807) is 36.4 Å². The highest BCUT2D eigenvalue weighted by Crippen LogP contribution is 2.21. The minimum atomic E-state index is -0.455. The molecule has 8 heteroatoms. The number of carbonyl (C=O) groups is 2. The highest BCUT2D eigenvalue weighted by molar-refractivity contribution is 9.10. The Labute approximate surface area is 177 Å². The zero-order valence-electron chi connectivity index (χ0n) is 16.0. The van der Waals surface area contributed by atoms with Crippen LogP contribution in [0.15, 0.2) is 64.7 Å². The molecule has 2 aromatic carbocycles. The van der Waals surface area contributed by atoms with Gasteiger partial charge in [0.2, 0.25) is 0 Å². The van der Waals surface area contributed by atoms with Crippen molar-refractivity contribution in [1.82, 2.24) is 10.7 Å². The molecule has 0 fully saturated rings. The molecule has 2 amide bonds. The van der Waals surface area contributed by atoms with Crippen LogP contribution in [0.3, 0.4) is 0 Å². The molecule has 0 aromatic heterocycles. The molecule has 0 aliphatic heterocycles. The lowest BCUT2D eigenvalue weighted by Gasteiger charge is -2.08. The highest BCUT2D eigenvalue weighted by Gasteiger charge is 2.08. The number of nitrogens with zero attached hydrogens (tertiary/aromatic N) is 1. The van der Waals surface area contributed by atoms with Gasteiger partial charge in [-0.3, -0.25) is 9.59 Å². The van der Waals surface area contributed by atoms with Crippen molar-refractivity contribution >= 4 is 34.0 Å². The Morgan fingerprint density at radius 3 is 2.62 bits per heavy atom. The number of nitrogens with one attached hydrogen (secondary N) is 2. The maximum atomic E-state index is 12.1. The Bertz CT molecular complexity index is 882. The van der Waals surface area contributed by atoms with E-state index in [0.717, 1.165) is 4.47 Å². The predicted octanol–water partition coefficient (Wildman–Crippen LogP) is 3.29. The lowest BCUT2D eigenvalue weighted by atomic mass is 10.2. The minimum absolute atomic E-state index is 0.207. The van der Waals surface area contributed by atoms with E-state index in [1.165, 1.54) is 6.21 Å². The van der Waals surface area contributed by atoms with Crippen molar-refractivity contribution in [3.8, 4) is 11.5 Å². The number of halogens is 1. The Morgan fingerprint density at radius 2 is 1.93 bits per heavy atom. The highest BCUT2D eigenvalue weighted by atomic mass is 79.9. The number of amides is 2. The number of hydrazone groups is 1. The molecule has 0 spiro atoms. The summed E-state index contributed by atoms with van der Waals surface area (Å²) in [6.45, 7) is 6.19. The molecule has 0 saturated carbocycles. The van der Waals surface area contributed by atoms with Gasteiger partial charge in [0.05, 0.1) is 19.4 Å². The van der Waals surface area contributed by atoms with E-state index in [-0.39, 0.29) is 12.5 Å². The van der Waals surface area contributed by atoms with Crippen LogP contribution in [0.1, 0.15) is 22.8 Å². The fourth-order valence-electron chi connectivity index (χ4n) is 2.25. The summed E-state index contributed by atoms with van der Waals surface area (Å²) < 4.78 is 11.7. The predicted molar refractivity (Wildman–Crippen MR) is 116 cm³/mol. The summed E-state index contributed by atoms with van der Waals surface area (Å²) in [5, 5.41) is 6.45. The molecule has 152 valence electrons. The Kier molecular flexibility index (Phi) is 8.91. The van der Waals surface area contributed by atoms with E-state index in [1.807, 2.05) is 19.1 Å². The second-order valence-corrected chi connectivity index (χ2v) is 6.63. The van der Waals surface area contributed by atoms with Gasteiger partial charge in [0.25, 0.3) is 11.8 Å². The normalized spacial score (nSPS) is 10.4. The van der Waals surface area contributed by atoms with Crippen LogP contribution in [0.5, 0.6) is 11.5 Å². The van der Waals surface area contributed by atoms with Gasteiger partial charge in [-0.15, -0.1) is 0 Å². The molecular formula is C21H22BrN3O4. The van der Waals surface area contributed by atoms with E-state index in [0.29, 0.717) is 35.8 Å². The molecule has 0 bridgehead atoms. The number of rotatable bonds is 10. The molecule has 0 saturated heterocycles. The van der Waals surface area contributed by atoms with Gasteiger partial charge in [0.1, 0.15) is 18.1 Å². The molecule has 0 radical (unpaired) electrons. The number of benzene rings is 2. The van der Waals surface area contributed by atoms with Gasteiger partial charge in [0.15, 0.2) is 0 Å². The largest absolute Gasteiger partial charge is 0.494 e. The molecule has 0 aliphatic carbocycles. The molecule has 0 unspecified atom stereocenters. The van der Waals surface area contributed by atoms with E-state index in [2.05, 4.69) is 38.4 Å². The first-order chi connectivity index (χ1) is 14.0. The van der Waals surface area contributed by atoms with Gasteiger partial charge in [-0.25, -0.2) is 5.43 Å². The molecule has 0 heterocycles. The Hall–Kier alpha value is -3.13. The number of ether oxygens (including phenoxy) is 2. The van der Waals surface area contributed by atoms with Crippen molar-refractivity contribution < 1.29 is 19.1 Å². The quantitative estimate of drug-likeness (QED) is 0.324. The van der Waals surface area contributed by atoms with Gasteiger partial charge < -0.3 is 14.8 Å². The summed E-state index contributed by atoms with van der Waals surface area (Å²) in [5.74, 6) is 0.471. The molecule has 2 aromatic rings. The smallest absolute Gasteiger partial charge is 0.259 e. The maximum absolute atomic E-state index is 12.1. The van der Waals surface area contributed by atoms with Crippen LogP contribution in [-0.4, -0.2) is 37.8 Å². The number of hydrogen-bond donors (Lipinski definition) is 2. The molecule has 0 atom stereocenters. The minimum Gasteiger partial charge on any atom is -0.494 e. The maximum Gasteiger partial charge on any atom is 0.259 e. The van der Waals surface area contributed by atoms with Crippen molar-refractivity contribution in [2.75, 3.05) is 19.8 Å². The van der Waals surface area contributed by atoms with Gasteiger partial charge >= 0.3 is 0 Å². The van der Waals surface area contributed by atoms with E-state index >= 15 is 0 Å². The first-order valence-electron chi connectivity index (χ1n) is 8.89. The third-order valence-electron chi connectivity index (χ3n) is 3.56. The van der Waals surface area contributed by atoms with Crippen LogP contribution in [-0.2, 0) is 4.79 Å². The standard InChI is InChI=1S/C21H22BrN3O4/c1-3-11-29-19-10-7-17(22)12-16(19)13-24-25-20(26)14-23-21(27)15-5-8-18(9-6-15)28-4-2/h3,5-10,12-13H,1,4,11,14H2,2H3,(H,23,27)(H,25,26)/b24-13+. The van der Waals surface area contributed by atoms with Gasteiger partial charge in [-0.1, -0.05) is 28.6 Å². The van der Waals surface area contributed by atoms with Crippen LogP contribution < -0.4 is 20.2 Å². The fraction of sp³-hybridized carbons (Fsp3) is 0.190. The van der Waals surface area contributed by atoms with E-state index in [9.17, 15) is 9.59 Å². The lowest BCUT2D eigenvalue weighted by Crippen LogP contribution is -2.34. The van der Waals surface area contributed by atoms with Gasteiger partial charge in [0, 0.05) is 15.6 Å². The van der Waals surface area contributed by atoms with Crippen molar-refractivity contribution in [3.63, 3.8) is 0 Å². The van der Waals surface area contributed by atoms with Crippen LogP contribution >= 0.6 is 15.9 Å². The second kappa shape index (κ2) is 11.7. The Morgan fingerprint density at radius 1 is 1.17 bits per heavy atom. The van der Waals surface area contributed by atoms with Crippen LogP contribution in [0.25, 0.3) is 0 Å². The van der Waals surface area contributed by atoms with Gasteiger partial charge in [-0.2, -0.15) is 5.10 Å². The third-order valence-corrected chi connectivity index (χ3v) is 4.05. The monoisotopic (exact) mass is 459 g/mol. The SMILES string of the molecule is C=CCOc1ccc(Br)cc1/C=N/NC(=O)CNC(=O)c1ccc(OCC)cc1. The van der Waals surface area contributed by atoms with E-state index < -0.39 is 5.91 Å². The molecule has 0 aliphatic rings. The van der Waals surface area contributed by atoms with Crippen molar-refractivity contribution in [2.24, 2.45) is 5.10 Å². The van der Waals surface area contributed by atoms with Crippen LogP contribution in [0.2, 0.25) is 0 Å². The topological polar surface area (TPSA) is 89.0 Å². The number of carbonyl (C=O) groups excluding carboxylic acids is 2. The Balaban J connectivity index is 1.85. The molecule has 2 rings (SSSR count). The molecular weight excluding hydrogens is 438 g/mol. The average molecular weight is 460 g/mol. The van der Waals surface area contributed by atoms with E-state index in [4.69, 9.17) is 9.47 Å². The van der Waals surface area contributed by atoms with Gasteiger partial charge in [-0.05, 0) is 49.4 Å². The zero-order chi connectivity index (χ0) is 21.1. The zero-order valence-corrected chi connectivity index (χ0v) is 17.6.